The van der Waals surface area contributed by atoms with Crippen molar-refractivity contribution in [1.82, 2.24) is 9.80 Å². The molecule has 2 aromatic rings. The fraction of sp³-hybridized carbons (Fsp3) is 0.381. The van der Waals surface area contributed by atoms with Crippen molar-refractivity contribution in [3.63, 3.8) is 0 Å². The van der Waals surface area contributed by atoms with E-state index in [4.69, 9.17) is 0 Å². The summed E-state index contributed by atoms with van der Waals surface area (Å²) in [6.45, 7) is 2.18. The van der Waals surface area contributed by atoms with Gasteiger partial charge in [0.15, 0.2) is 17.5 Å². The molecule has 6 heteroatoms. The monoisotopic (exact) mass is 374 g/mol. The number of nitrogens with zero attached hydrogens (tertiary/aromatic N) is 2. The topological polar surface area (TPSA) is 23.6 Å². The Morgan fingerprint density at radius 3 is 2.48 bits per heavy atom. The summed E-state index contributed by atoms with van der Waals surface area (Å²) in [5.74, 6) is -3.41. The second-order valence-electron chi connectivity index (χ2n) is 7.44. The molecule has 3 heterocycles. The number of amides is 1. The molecule has 3 fully saturated rings. The van der Waals surface area contributed by atoms with Gasteiger partial charge in [0.25, 0.3) is 5.91 Å². The van der Waals surface area contributed by atoms with Crippen LogP contribution in [-0.2, 0) is 6.54 Å². The zero-order chi connectivity index (χ0) is 19.0. The van der Waals surface area contributed by atoms with Gasteiger partial charge in [-0.1, -0.05) is 24.3 Å². The first kappa shape index (κ1) is 18.0. The minimum atomic E-state index is -1.42. The molecule has 0 spiro atoms. The summed E-state index contributed by atoms with van der Waals surface area (Å²) in [6.07, 6.45) is 1.93. The molecule has 0 saturated carbocycles. The summed E-state index contributed by atoms with van der Waals surface area (Å²) in [5.41, 5.74) is 0.819. The van der Waals surface area contributed by atoms with Gasteiger partial charge in [-0.2, -0.15) is 0 Å². The number of carbonyl (C=O) groups excluding carboxylic acids is 1. The highest BCUT2D eigenvalue weighted by Crippen LogP contribution is 2.30. The molecule has 142 valence electrons. The molecule has 5 rings (SSSR count). The molecule has 0 radical (unpaired) electrons. The van der Waals surface area contributed by atoms with Crippen molar-refractivity contribution >= 4 is 5.91 Å². The first-order chi connectivity index (χ1) is 13.0. The lowest BCUT2D eigenvalue weighted by atomic mass is 9.94. The molecule has 1 amide bonds. The maximum atomic E-state index is 14.1. The van der Waals surface area contributed by atoms with E-state index in [-0.39, 0.29) is 24.1 Å². The third-order valence-electron chi connectivity index (χ3n) is 5.62. The Labute approximate surface area is 156 Å². The van der Waals surface area contributed by atoms with Gasteiger partial charge < -0.3 is 4.90 Å². The molecule has 2 bridgehead atoms. The van der Waals surface area contributed by atoms with E-state index >= 15 is 0 Å². The molecule has 3 nitrogen and oxygen atoms in total. The highest BCUT2D eigenvalue weighted by molar-refractivity contribution is 5.94. The summed E-state index contributed by atoms with van der Waals surface area (Å²) in [6, 6.07) is 11.5. The predicted octanol–water partition coefficient (Wildman–Crippen LogP) is 3.84. The van der Waals surface area contributed by atoms with Crippen LogP contribution >= 0.6 is 0 Å². The quantitative estimate of drug-likeness (QED) is 0.762. The van der Waals surface area contributed by atoms with E-state index in [0.717, 1.165) is 25.5 Å². The SMILES string of the molecule is O=C(c1ccccc1)N1C[C@@H]2CC[C@H](C1)N(Cc1ccc(F)c(F)c1F)C2. The molecular weight excluding hydrogens is 353 g/mol. The van der Waals surface area contributed by atoms with Gasteiger partial charge in [0.1, 0.15) is 0 Å². The standard InChI is InChI=1S/C21H21F3N2O/c22-18-9-7-16(19(23)20(18)24)12-25-10-14-6-8-17(25)13-26(11-14)21(27)15-4-2-1-3-5-15/h1-5,7,9,14,17H,6,8,10-13H2/t14-,17-/m1/s1. The summed E-state index contributed by atoms with van der Waals surface area (Å²) in [4.78, 5) is 16.8. The molecule has 2 atom stereocenters. The maximum Gasteiger partial charge on any atom is 0.253 e. The van der Waals surface area contributed by atoms with Crippen LogP contribution in [0.15, 0.2) is 42.5 Å². The fourth-order valence-corrected chi connectivity index (χ4v) is 4.21. The lowest BCUT2D eigenvalue weighted by molar-refractivity contribution is 0.0735. The van der Waals surface area contributed by atoms with Gasteiger partial charge >= 0.3 is 0 Å². The Bertz CT molecular complexity index is 843. The lowest BCUT2D eigenvalue weighted by Crippen LogP contribution is -2.44. The number of rotatable bonds is 3. The van der Waals surface area contributed by atoms with Crippen LogP contribution in [0.3, 0.4) is 0 Å². The Kier molecular flexibility index (Phi) is 4.91. The van der Waals surface area contributed by atoms with Crippen LogP contribution in [0, 0.1) is 23.4 Å². The minimum Gasteiger partial charge on any atom is -0.337 e. The summed E-state index contributed by atoms with van der Waals surface area (Å²) < 4.78 is 40.8. The van der Waals surface area contributed by atoms with Crippen LogP contribution in [-0.4, -0.2) is 41.4 Å². The number of halogens is 3. The van der Waals surface area contributed by atoms with Crippen LogP contribution in [0.4, 0.5) is 13.2 Å². The average molecular weight is 374 g/mol. The Hall–Kier alpha value is -2.34. The summed E-state index contributed by atoms with van der Waals surface area (Å²) in [7, 11) is 0. The highest BCUT2D eigenvalue weighted by atomic mass is 19.2. The van der Waals surface area contributed by atoms with E-state index in [2.05, 4.69) is 4.90 Å². The lowest BCUT2D eigenvalue weighted by Gasteiger charge is -2.36. The number of hydrogen-bond donors (Lipinski definition) is 0. The van der Waals surface area contributed by atoms with Crippen molar-refractivity contribution in [2.24, 2.45) is 5.92 Å². The number of carbonyl (C=O) groups is 1. The molecule has 0 unspecified atom stereocenters. The minimum absolute atomic E-state index is 0.00774. The molecule has 3 aliphatic rings. The van der Waals surface area contributed by atoms with E-state index in [1.54, 1.807) is 0 Å². The van der Waals surface area contributed by atoms with E-state index in [1.807, 2.05) is 35.2 Å². The van der Waals surface area contributed by atoms with Gasteiger partial charge in [-0.3, -0.25) is 9.69 Å². The third-order valence-corrected chi connectivity index (χ3v) is 5.62. The Morgan fingerprint density at radius 2 is 1.70 bits per heavy atom. The predicted molar refractivity (Wildman–Crippen MR) is 95.6 cm³/mol. The second kappa shape index (κ2) is 7.35. The Balaban J connectivity index is 1.52. The number of hydrogen-bond acceptors (Lipinski definition) is 2. The first-order valence-corrected chi connectivity index (χ1v) is 9.23. The smallest absolute Gasteiger partial charge is 0.253 e. The van der Waals surface area contributed by atoms with Crippen LogP contribution < -0.4 is 0 Å². The zero-order valence-corrected chi connectivity index (χ0v) is 14.9. The van der Waals surface area contributed by atoms with Gasteiger partial charge in [-0.05, 0) is 37.0 Å². The van der Waals surface area contributed by atoms with Crippen molar-refractivity contribution in [1.29, 1.82) is 0 Å². The largest absolute Gasteiger partial charge is 0.337 e. The molecule has 3 aliphatic heterocycles. The van der Waals surface area contributed by atoms with Crippen LogP contribution in [0.2, 0.25) is 0 Å². The van der Waals surface area contributed by atoms with Crippen molar-refractivity contribution < 1.29 is 18.0 Å². The molecule has 2 aromatic carbocycles. The van der Waals surface area contributed by atoms with Crippen molar-refractivity contribution in [3.05, 3.63) is 71.0 Å². The number of benzene rings is 2. The third kappa shape index (κ3) is 3.58. The van der Waals surface area contributed by atoms with Crippen molar-refractivity contribution in [3.8, 4) is 0 Å². The van der Waals surface area contributed by atoms with Gasteiger partial charge in [-0.25, -0.2) is 13.2 Å². The summed E-state index contributed by atoms with van der Waals surface area (Å²) in [5, 5.41) is 0. The fourth-order valence-electron chi connectivity index (χ4n) is 4.21. The van der Waals surface area contributed by atoms with E-state index in [0.29, 0.717) is 24.6 Å². The molecule has 3 saturated heterocycles. The maximum absolute atomic E-state index is 14.1. The van der Waals surface area contributed by atoms with Crippen molar-refractivity contribution in [2.75, 3.05) is 19.6 Å². The van der Waals surface area contributed by atoms with E-state index in [9.17, 15) is 18.0 Å². The molecule has 0 N–H and O–H groups in total. The molecular formula is C21H21F3N2O. The van der Waals surface area contributed by atoms with Crippen LogP contribution in [0.1, 0.15) is 28.8 Å². The first-order valence-electron chi connectivity index (χ1n) is 9.23. The average Bonchev–Trinajstić information content (AvgIpc) is 3.00. The molecule has 0 aromatic heterocycles. The Morgan fingerprint density at radius 1 is 0.926 bits per heavy atom. The number of piperidine rings is 1. The molecule has 0 aliphatic carbocycles. The number of fused-ring (bicyclic) bond motifs is 4. The summed E-state index contributed by atoms with van der Waals surface area (Å²) >= 11 is 0. The molecule has 27 heavy (non-hydrogen) atoms. The van der Waals surface area contributed by atoms with Crippen LogP contribution in [0.5, 0.6) is 0 Å². The van der Waals surface area contributed by atoms with Gasteiger partial charge in [-0.15, -0.1) is 0 Å². The van der Waals surface area contributed by atoms with Gasteiger partial charge in [0.2, 0.25) is 0 Å². The van der Waals surface area contributed by atoms with Gasteiger partial charge in [0.05, 0.1) is 0 Å². The van der Waals surface area contributed by atoms with E-state index < -0.39 is 17.5 Å². The highest BCUT2D eigenvalue weighted by Gasteiger charge is 2.37. The van der Waals surface area contributed by atoms with E-state index in [1.165, 1.54) is 6.07 Å². The second-order valence-corrected chi connectivity index (χ2v) is 7.44. The van der Waals surface area contributed by atoms with Crippen LogP contribution in [0.25, 0.3) is 0 Å². The normalized spacial score (nSPS) is 22.7. The van der Waals surface area contributed by atoms with Crippen molar-refractivity contribution in [2.45, 2.75) is 25.4 Å². The zero-order valence-electron chi connectivity index (χ0n) is 14.9. The van der Waals surface area contributed by atoms with Gasteiger partial charge in [0, 0.05) is 43.3 Å².